The third-order valence-corrected chi connectivity index (χ3v) is 32.0. The molecular weight excluding hydrogens is 1150 g/mol. The number of hydrogen-bond acceptors (Lipinski definition) is 4. The number of unbranched alkanes of at least 4 members (excludes halogenated alkanes) is 10. The van der Waals surface area contributed by atoms with Crippen molar-refractivity contribution in [1.29, 1.82) is 0 Å². The van der Waals surface area contributed by atoms with Gasteiger partial charge in [-0.1, -0.05) is 39.5 Å². The third kappa shape index (κ3) is 19.1. The summed E-state index contributed by atoms with van der Waals surface area (Å²) in [7, 11) is 0. The molecule has 6 rings (SSSR count). The van der Waals surface area contributed by atoms with Crippen molar-refractivity contribution in [3.05, 3.63) is 142 Å². The normalized spacial score (nSPS) is 13.1. The fourth-order valence-electron chi connectivity index (χ4n) is 12.5. The van der Waals surface area contributed by atoms with Crippen LogP contribution in [0.25, 0.3) is 44.5 Å². The van der Waals surface area contributed by atoms with Crippen LogP contribution in [0.2, 0.25) is 9.50 Å². The van der Waals surface area contributed by atoms with Crippen molar-refractivity contribution < 1.29 is 19.7 Å². The van der Waals surface area contributed by atoms with Crippen LogP contribution in [-0.4, -0.2) is 34.4 Å². The molecule has 0 heterocycles. The summed E-state index contributed by atoms with van der Waals surface area (Å²) in [6, 6.07) is 36.6. The van der Waals surface area contributed by atoms with Crippen LogP contribution in [0.1, 0.15) is 288 Å². The summed E-state index contributed by atoms with van der Waals surface area (Å²) in [5, 5.41) is 26.2. The van der Waals surface area contributed by atoms with Crippen molar-refractivity contribution in [2.24, 2.45) is 0 Å². The third-order valence-electron chi connectivity index (χ3n) is 19.5. The molecule has 0 spiro atoms. The van der Waals surface area contributed by atoms with Gasteiger partial charge in [0.05, 0.1) is 0 Å². The SMILES string of the molecule is CCCCCCCCc1cc(-c2cc(C(C)(C)C)cc(C(C)(C)C)c2)c(O)c(-c2cc(C(C)(C)C)ccc2O[CH2][Ge]([CH2]Oc2ccc(C(C)(C)C)cc2-c2cc(CCCCCCCC)cc(-c3cc(C(C)(C)C)cc(C(C)(C)C)c3)c2O)([CH](C)C)[CH](C)C)c1. The second kappa shape index (κ2) is 29.8. The van der Waals surface area contributed by atoms with Gasteiger partial charge in [-0.25, -0.2) is 0 Å². The number of hydrogen-bond donors (Lipinski definition) is 2. The van der Waals surface area contributed by atoms with E-state index in [4.69, 9.17) is 9.47 Å². The standard InChI is InChI=1S/C84H124GeO4/c1-25-27-29-31-33-35-37-59-43-69(61-47-65(81(13,14)15)51-66(48-61)82(16,17)18)77(86)73(45-59)71-53-63(79(7,8)9)39-41-75(71)88-55-85(57(3)4,58(5)6)56-89-76-42-40-64(80(10,11)12)54-72(76)74-46-60(38-36-34-32-30-28-26-2)44-70(78(74)87)62-49-67(83(19,20)21)52-68(50-62)84(22,23)24/h39-54,57-58,86-87H,25-38,55-56H2,1-24H3. The topological polar surface area (TPSA) is 58.9 Å². The molecule has 2 N–H and O–H groups in total. The van der Waals surface area contributed by atoms with E-state index in [0.717, 1.165) is 81.7 Å². The first kappa shape index (κ1) is 73.1. The Morgan fingerprint density at radius 2 is 0.607 bits per heavy atom. The molecule has 0 aliphatic rings. The number of aromatic hydroxyl groups is 2. The van der Waals surface area contributed by atoms with Crippen molar-refractivity contribution in [1.82, 2.24) is 0 Å². The van der Waals surface area contributed by atoms with Gasteiger partial charge in [0.2, 0.25) is 0 Å². The Kier molecular flexibility index (Phi) is 24.5. The first-order valence-corrected chi connectivity index (χ1v) is 40.3. The van der Waals surface area contributed by atoms with Gasteiger partial charge in [0, 0.05) is 0 Å². The van der Waals surface area contributed by atoms with Crippen molar-refractivity contribution in [3.8, 4) is 67.5 Å². The first-order valence-electron chi connectivity index (χ1n) is 34.9. The molecule has 6 aromatic carbocycles. The van der Waals surface area contributed by atoms with Crippen molar-refractivity contribution in [3.63, 3.8) is 0 Å². The molecule has 89 heavy (non-hydrogen) atoms. The van der Waals surface area contributed by atoms with E-state index in [-0.39, 0.29) is 32.5 Å². The summed E-state index contributed by atoms with van der Waals surface area (Å²) < 4.78 is 15.7. The molecule has 6 aromatic rings. The van der Waals surface area contributed by atoms with Gasteiger partial charge < -0.3 is 0 Å². The monoisotopic (exact) mass is 1270 g/mol. The molecular formula is C84H124GeO4. The Morgan fingerprint density at radius 1 is 0.326 bits per heavy atom. The van der Waals surface area contributed by atoms with Gasteiger partial charge in [0.1, 0.15) is 0 Å². The number of rotatable bonds is 26. The Labute approximate surface area is 547 Å². The van der Waals surface area contributed by atoms with Crippen LogP contribution in [0.4, 0.5) is 0 Å². The fraction of sp³-hybridized carbons (Fsp3) is 0.571. The summed E-state index contributed by atoms with van der Waals surface area (Å²) >= 11 is -3.31. The second-order valence-electron chi connectivity index (χ2n) is 33.8. The number of phenolic OH excluding ortho intramolecular Hbond substituents is 2. The van der Waals surface area contributed by atoms with E-state index >= 15 is 0 Å². The van der Waals surface area contributed by atoms with E-state index in [1.807, 2.05) is 0 Å². The molecule has 0 fully saturated rings. The molecule has 5 heteroatoms. The van der Waals surface area contributed by atoms with Crippen LogP contribution in [0, 0.1) is 0 Å². The second-order valence-corrected chi connectivity index (χ2v) is 45.0. The molecule has 0 amide bonds. The molecule has 0 saturated carbocycles. The molecule has 0 atom stereocenters. The van der Waals surface area contributed by atoms with E-state index in [2.05, 4.69) is 263 Å². The molecule has 0 unspecified atom stereocenters. The van der Waals surface area contributed by atoms with Crippen LogP contribution < -0.4 is 9.47 Å². The number of aryl methyl sites for hydroxylation is 2. The molecule has 0 bridgehead atoms. The van der Waals surface area contributed by atoms with Gasteiger partial charge in [-0.15, -0.1) is 0 Å². The molecule has 0 saturated heterocycles. The molecule has 0 aromatic heterocycles. The maximum atomic E-state index is 13.1. The van der Waals surface area contributed by atoms with Gasteiger partial charge in [0.25, 0.3) is 0 Å². The van der Waals surface area contributed by atoms with Gasteiger partial charge in [-0.2, -0.15) is 0 Å². The molecule has 488 valence electrons. The zero-order valence-electron chi connectivity index (χ0n) is 60.9. The summed E-state index contributed by atoms with van der Waals surface area (Å²) in [6.07, 6.45) is 16.5. The minimum absolute atomic E-state index is 0.0858. The maximum absolute atomic E-state index is 13.1. The zero-order chi connectivity index (χ0) is 66.2. The Bertz CT molecular complexity index is 3010. The Hall–Kier alpha value is -4.94. The summed E-state index contributed by atoms with van der Waals surface area (Å²) in [5.41, 5.74) is 17.8. The average Bonchev–Trinajstić information content (AvgIpc) is 1.26. The summed E-state index contributed by atoms with van der Waals surface area (Å²) in [4.78, 5) is 0. The average molecular weight is 1270 g/mol. The van der Waals surface area contributed by atoms with Crippen LogP contribution in [0.15, 0.2) is 97.1 Å². The number of phenols is 2. The van der Waals surface area contributed by atoms with Crippen molar-refractivity contribution in [2.75, 3.05) is 10.9 Å². The fourth-order valence-corrected chi connectivity index (χ4v) is 20.1. The van der Waals surface area contributed by atoms with E-state index in [0.29, 0.717) is 31.9 Å². The van der Waals surface area contributed by atoms with Gasteiger partial charge in [-0.05, 0) is 0 Å². The number of ether oxygens (including phenoxy) is 2. The van der Waals surface area contributed by atoms with Gasteiger partial charge in [-0.3, -0.25) is 0 Å². The Morgan fingerprint density at radius 3 is 0.888 bits per heavy atom. The quantitative estimate of drug-likeness (QED) is 0.0420. The Balaban J connectivity index is 1.52. The predicted molar refractivity (Wildman–Crippen MR) is 391 cm³/mol. The summed E-state index contributed by atoms with van der Waals surface area (Å²) in [5.74, 6) is 2.19. The predicted octanol–water partition coefficient (Wildman–Crippen LogP) is 25.2. The molecule has 0 aliphatic carbocycles. The van der Waals surface area contributed by atoms with E-state index < -0.39 is 13.3 Å². The van der Waals surface area contributed by atoms with Crippen molar-refractivity contribution >= 4 is 13.3 Å². The van der Waals surface area contributed by atoms with Gasteiger partial charge in [0.15, 0.2) is 0 Å². The van der Waals surface area contributed by atoms with Crippen LogP contribution >= 0.6 is 0 Å². The van der Waals surface area contributed by atoms with E-state index in [9.17, 15) is 10.2 Å². The first-order chi connectivity index (χ1) is 41.3. The number of benzene rings is 6. The minimum atomic E-state index is -3.31. The van der Waals surface area contributed by atoms with Crippen molar-refractivity contribution in [2.45, 2.75) is 298 Å². The van der Waals surface area contributed by atoms with E-state index in [1.165, 1.54) is 109 Å². The van der Waals surface area contributed by atoms with Crippen LogP contribution in [0.5, 0.6) is 23.0 Å². The van der Waals surface area contributed by atoms with E-state index in [1.54, 1.807) is 0 Å². The van der Waals surface area contributed by atoms with Crippen LogP contribution in [0.3, 0.4) is 0 Å². The molecule has 0 aliphatic heterocycles. The van der Waals surface area contributed by atoms with Crippen LogP contribution in [-0.2, 0) is 45.3 Å². The molecule has 4 nitrogen and oxygen atoms in total. The van der Waals surface area contributed by atoms with Gasteiger partial charge >= 0.3 is 511 Å². The summed E-state index contributed by atoms with van der Waals surface area (Å²) in [6.45, 7) is 55.3. The zero-order valence-corrected chi connectivity index (χ0v) is 63.0. The molecule has 0 radical (unpaired) electrons.